The van der Waals surface area contributed by atoms with E-state index in [0.29, 0.717) is 37.5 Å². The fourth-order valence-corrected chi connectivity index (χ4v) is 4.69. The first-order valence-corrected chi connectivity index (χ1v) is 12.4. The largest absolute Gasteiger partial charge is 0.494 e. The van der Waals surface area contributed by atoms with Gasteiger partial charge in [0.15, 0.2) is 5.82 Å². The van der Waals surface area contributed by atoms with Gasteiger partial charge in [0, 0.05) is 47.7 Å². The molecular weight excluding hydrogens is 500 g/mol. The number of nitriles is 1. The van der Waals surface area contributed by atoms with E-state index in [2.05, 4.69) is 38.6 Å². The maximum atomic E-state index is 12.9. The maximum Gasteiger partial charge on any atom is 0.322 e. The Morgan fingerprint density at radius 2 is 1.74 bits per heavy atom. The van der Waals surface area contributed by atoms with E-state index in [9.17, 15) is 4.79 Å². The summed E-state index contributed by atoms with van der Waals surface area (Å²) in [6.07, 6.45) is 0. The van der Waals surface area contributed by atoms with Crippen LogP contribution in [-0.2, 0) is 0 Å². The van der Waals surface area contributed by atoms with Crippen LogP contribution in [0.5, 0.6) is 5.75 Å². The van der Waals surface area contributed by atoms with Gasteiger partial charge in [-0.15, -0.1) is 22.6 Å². The average Bonchev–Trinajstić information content (AvgIpc) is 2.93. The molecule has 8 nitrogen and oxygen atoms in total. The molecule has 1 aliphatic rings. The van der Waals surface area contributed by atoms with Crippen LogP contribution in [0.4, 0.5) is 16.3 Å². The van der Waals surface area contributed by atoms with Crippen LogP contribution in [0.1, 0.15) is 19.4 Å². The highest BCUT2D eigenvalue weighted by molar-refractivity contribution is 6.00. The minimum Gasteiger partial charge on any atom is -0.494 e. The molecule has 0 bridgehead atoms. The first-order valence-electron chi connectivity index (χ1n) is 12.4. The van der Waals surface area contributed by atoms with Crippen molar-refractivity contribution in [2.75, 3.05) is 36.5 Å². The van der Waals surface area contributed by atoms with Gasteiger partial charge in [0.1, 0.15) is 11.4 Å². The Labute approximate surface area is 228 Å². The summed E-state index contributed by atoms with van der Waals surface area (Å²) in [5, 5.41) is 23.3. The fraction of sp³-hybridized carbons (Fsp3) is 0.241. The zero-order valence-electron chi connectivity index (χ0n) is 21.3. The number of aromatic nitrogens is 2. The van der Waals surface area contributed by atoms with Crippen LogP contribution in [0.3, 0.4) is 0 Å². The number of amides is 2. The second kappa shape index (κ2) is 11.8. The Morgan fingerprint density at radius 3 is 2.39 bits per heavy atom. The molecule has 5 rings (SSSR count). The van der Waals surface area contributed by atoms with Gasteiger partial charge in [0.2, 0.25) is 0 Å². The number of carbonyl (C=O) groups is 1. The number of nitrogens with zero attached hydrogens (tertiary/aromatic N) is 5. The predicted molar refractivity (Wildman–Crippen MR) is 152 cm³/mol. The number of piperazine rings is 1. The number of anilines is 2. The molecule has 0 spiro atoms. The zero-order valence-corrected chi connectivity index (χ0v) is 22.1. The molecule has 194 valence electrons. The predicted octanol–water partition coefficient (Wildman–Crippen LogP) is 5.73. The summed E-state index contributed by atoms with van der Waals surface area (Å²) in [4.78, 5) is 17.0. The van der Waals surface area contributed by atoms with Gasteiger partial charge in [-0.05, 0) is 62.4 Å². The molecule has 1 saturated heterocycles. The van der Waals surface area contributed by atoms with E-state index >= 15 is 0 Å². The van der Waals surface area contributed by atoms with Crippen molar-refractivity contribution in [1.29, 1.82) is 5.26 Å². The number of hydrogen-bond donors (Lipinski definition) is 1. The van der Waals surface area contributed by atoms with Crippen molar-refractivity contribution in [3.63, 3.8) is 0 Å². The number of fused-ring (bicyclic) bond motifs is 1. The van der Waals surface area contributed by atoms with E-state index in [1.54, 1.807) is 24.3 Å². The van der Waals surface area contributed by atoms with E-state index in [-0.39, 0.29) is 24.5 Å². The van der Waals surface area contributed by atoms with Crippen LogP contribution in [0, 0.1) is 11.3 Å². The lowest BCUT2D eigenvalue weighted by Crippen LogP contribution is -2.55. The Kier molecular flexibility index (Phi) is 8.29. The van der Waals surface area contributed by atoms with Gasteiger partial charge < -0.3 is 19.9 Å². The molecule has 1 fully saturated rings. The van der Waals surface area contributed by atoms with Gasteiger partial charge in [-0.2, -0.15) is 5.26 Å². The minimum absolute atomic E-state index is 0. The number of rotatable bonds is 5. The highest BCUT2D eigenvalue weighted by atomic mass is 35.5. The summed E-state index contributed by atoms with van der Waals surface area (Å²) in [5.74, 6) is 1.65. The smallest absolute Gasteiger partial charge is 0.322 e. The lowest BCUT2D eigenvalue weighted by atomic mass is 10.0. The number of carbonyl (C=O) groups excluding carboxylic acids is 1. The van der Waals surface area contributed by atoms with E-state index in [1.807, 2.05) is 55.1 Å². The second-order valence-corrected chi connectivity index (χ2v) is 8.98. The molecule has 2 heterocycles. The molecule has 1 atom stereocenters. The van der Waals surface area contributed by atoms with Crippen LogP contribution >= 0.6 is 12.4 Å². The maximum absolute atomic E-state index is 12.9. The topological polar surface area (TPSA) is 94.4 Å². The molecule has 1 aromatic heterocycles. The summed E-state index contributed by atoms with van der Waals surface area (Å²) < 4.78 is 5.57. The molecule has 9 heteroatoms. The zero-order chi connectivity index (χ0) is 25.8. The summed E-state index contributed by atoms with van der Waals surface area (Å²) in [5.41, 5.74) is 3.04. The van der Waals surface area contributed by atoms with Crippen LogP contribution in [-0.4, -0.2) is 53.4 Å². The Balaban J connectivity index is 0.00000336. The normalized spacial score (nSPS) is 14.9. The molecule has 1 unspecified atom stereocenters. The average molecular weight is 529 g/mol. The Morgan fingerprint density at radius 1 is 1.03 bits per heavy atom. The van der Waals surface area contributed by atoms with Crippen molar-refractivity contribution in [2.24, 2.45) is 0 Å². The van der Waals surface area contributed by atoms with Crippen LogP contribution in [0.2, 0.25) is 0 Å². The van der Waals surface area contributed by atoms with Crippen LogP contribution in [0.25, 0.3) is 22.0 Å². The first kappa shape index (κ1) is 26.7. The number of ether oxygens (including phenoxy) is 1. The lowest BCUT2D eigenvalue weighted by molar-refractivity contribution is 0.184. The van der Waals surface area contributed by atoms with Crippen molar-refractivity contribution in [3.05, 3.63) is 78.4 Å². The third-order valence-electron chi connectivity index (χ3n) is 6.56. The molecular formula is C29H29ClN6O2. The molecule has 38 heavy (non-hydrogen) atoms. The third-order valence-corrected chi connectivity index (χ3v) is 6.56. The lowest BCUT2D eigenvalue weighted by Gasteiger charge is -2.40. The number of hydrogen-bond acceptors (Lipinski definition) is 6. The van der Waals surface area contributed by atoms with Crippen LogP contribution in [0.15, 0.2) is 72.8 Å². The molecule has 2 amide bonds. The molecule has 1 aliphatic heterocycles. The summed E-state index contributed by atoms with van der Waals surface area (Å²) in [6, 6.07) is 24.9. The molecule has 0 saturated carbocycles. The summed E-state index contributed by atoms with van der Waals surface area (Å²) >= 11 is 0. The van der Waals surface area contributed by atoms with Gasteiger partial charge in [-0.3, -0.25) is 0 Å². The first-order chi connectivity index (χ1) is 18.1. The van der Waals surface area contributed by atoms with Gasteiger partial charge in [-0.25, -0.2) is 4.79 Å². The van der Waals surface area contributed by atoms with Crippen molar-refractivity contribution >= 4 is 40.7 Å². The van der Waals surface area contributed by atoms with E-state index in [0.717, 1.165) is 33.6 Å². The highest BCUT2D eigenvalue weighted by Crippen LogP contribution is 2.33. The molecule has 0 aliphatic carbocycles. The van der Waals surface area contributed by atoms with Crippen molar-refractivity contribution in [1.82, 2.24) is 15.1 Å². The monoisotopic (exact) mass is 528 g/mol. The Bertz CT molecular complexity index is 1450. The summed E-state index contributed by atoms with van der Waals surface area (Å²) in [7, 11) is 0. The number of urea groups is 1. The fourth-order valence-electron chi connectivity index (χ4n) is 4.69. The summed E-state index contributed by atoms with van der Waals surface area (Å²) in [6.45, 7) is 6.47. The second-order valence-electron chi connectivity index (χ2n) is 8.98. The third kappa shape index (κ3) is 5.48. The number of nitrogens with one attached hydrogen (secondary N) is 1. The van der Waals surface area contributed by atoms with Gasteiger partial charge in [0.05, 0.1) is 18.2 Å². The Hall–Kier alpha value is -4.35. The molecule has 3 aromatic carbocycles. The number of halogens is 1. The standard InChI is InChI=1S/C29H28N6O2.ClH/c1-3-37-24-14-10-22(11-15-24)27-25-6-4-5-7-26(25)28(33-32-27)34-16-17-35(20(2)19-34)29(36)31-23-12-8-21(18-30)9-13-23;/h4-15,20H,3,16-17,19H2,1-2H3,(H,31,36);1H. The van der Waals surface area contributed by atoms with Crippen molar-refractivity contribution < 1.29 is 9.53 Å². The molecule has 1 N–H and O–H groups in total. The van der Waals surface area contributed by atoms with Gasteiger partial charge in [-0.1, -0.05) is 24.3 Å². The van der Waals surface area contributed by atoms with Gasteiger partial charge in [0.25, 0.3) is 0 Å². The van der Waals surface area contributed by atoms with E-state index in [1.165, 1.54) is 0 Å². The van der Waals surface area contributed by atoms with Gasteiger partial charge >= 0.3 is 6.03 Å². The van der Waals surface area contributed by atoms with E-state index < -0.39 is 0 Å². The molecule has 0 radical (unpaired) electrons. The van der Waals surface area contributed by atoms with E-state index in [4.69, 9.17) is 10.00 Å². The van der Waals surface area contributed by atoms with Crippen molar-refractivity contribution in [3.8, 4) is 23.1 Å². The molecule has 4 aromatic rings. The van der Waals surface area contributed by atoms with Crippen LogP contribution < -0.4 is 15.0 Å². The highest BCUT2D eigenvalue weighted by Gasteiger charge is 2.29. The number of benzene rings is 3. The van der Waals surface area contributed by atoms with Crippen molar-refractivity contribution in [2.45, 2.75) is 19.9 Å². The SMILES string of the molecule is CCOc1ccc(-c2nnc(N3CCN(C(=O)Nc4ccc(C#N)cc4)C(C)C3)c3ccccc23)cc1.Cl. The minimum atomic E-state index is -0.154. The quantitative estimate of drug-likeness (QED) is 0.355.